The Hall–Kier alpha value is -0.570. The Balaban J connectivity index is 1.91. The van der Waals surface area contributed by atoms with Gasteiger partial charge in [-0.3, -0.25) is 4.79 Å². The van der Waals surface area contributed by atoms with Gasteiger partial charge in [-0.15, -0.1) is 0 Å². The molecule has 0 radical (unpaired) electrons. The van der Waals surface area contributed by atoms with Crippen LogP contribution >= 0.6 is 0 Å². The van der Waals surface area contributed by atoms with Crippen molar-refractivity contribution in [3.8, 4) is 0 Å². The number of rotatable bonds is 2. The van der Waals surface area contributed by atoms with E-state index < -0.39 is 0 Å². The third-order valence-electron chi connectivity index (χ3n) is 4.28. The Labute approximate surface area is 98.4 Å². The fraction of sp³-hybridized carbons (Fsp3) is 0.923. The van der Waals surface area contributed by atoms with Gasteiger partial charge in [0.15, 0.2) is 0 Å². The smallest absolute Gasteiger partial charge is 0.223 e. The first kappa shape index (κ1) is 11.9. The standard InChI is InChI=1S/C13H24N2O/c1-12(2)7-9(12)11(16)15-10-5-6-14-8-13(10,3)4/h9-10,14H,5-8H2,1-4H3,(H,15,16). The highest BCUT2D eigenvalue weighted by Crippen LogP contribution is 2.51. The molecule has 3 heteroatoms. The number of amides is 1. The van der Waals surface area contributed by atoms with E-state index >= 15 is 0 Å². The summed E-state index contributed by atoms with van der Waals surface area (Å²) in [7, 11) is 0. The molecule has 0 spiro atoms. The van der Waals surface area contributed by atoms with Crippen LogP contribution in [0.5, 0.6) is 0 Å². The number of hydrogen-bond acceptors (Lipinski definition) is 2. The van der Waals surface area contributed by atoms with Crippen LogP contribution in [0.2, 0.25) is 0 Å². The number of nitrogens with one attached hydrogen (secondary N) is 2. The van der Waals surface area contributed by atoms with Crippen molar-refractivity contribution in [1.29, 1.82) is 0 Å². The van der Waals surface area contributed by atoms with E-state index in [9.17, 15) is 4.79 Å². The third-order valence-corrected chi connectivity index (χ3v) is 4.28. The molecule has 2 rings (SSSR count). The monoisotopic (exact) mass is 224 g/mol. The van der Waals surface area contributed by atoms with Gasteiger partial charge in [0.2, 0.25) is 5.91 Å². The number of carbonyl (C=O) groups is 1. The molecule has 1 aliphatic carbocycles. The zero-order valence-corrected chi connectivity index (χ0v) is 10.9. The first-order chi connectivity index (χ1) is 7.33. The van der Waals surface area contributed by atoms with E-state index in [1.165, 1.54) is 0 Å². The highest BCUT2D eigenvalue weighted by atomic mass is 16.2. The molecule has 1 heterocycles. The lowest BCUT2D eigenvalue weighted by Gasteiger charge is -2.39. The normalized spacial score (nSPS) is 35.5. The van der Waals surface area contributed by atoms with E-state index in [4.69, 9.17) is 0 Å². The summed E-state index contributed by atoms with van der Waals surface area (Å²) < 4.78 is 0. The van der Waals surface area contributed by atoms with E-state index in [1.54, 1.807) is 0 Å². The van der Waals surface area contributed by atoms with Crippen molar-refractivity contribution in [3.63, 3.8) is 0 Å². The van der Waals surface area contributed by atoms with Crippen molar-refractivity contribution in [1.82, 2.24) is 10.6 Å². The molecule has 1 aliphatic heterocycles. The van der Waals surface area contributed by atoms with Crippen molar-refractivity contribution < 1.29 is 4.79 Å². The first-order valence-electron chi connectivity index (χ1n) is 6.34. The zero-order chi connectivity index (χ0) is 12.0. The van der Waals surface area contributed by atoms with Crippen LogP contribution in [0.25, 0.3) is 0 Å². The van der Waals surface area contributed by atoms with E-state index in [2.05, 4.69) is 38.3 Å². The second kappa shape index (κ2) is 3.73. The fourth-order valence-corrected chi connectivity index (χ4v) is 2.63. The average Bonchev–Trinajstić information content (AvgIpc) is 2.79. The summed E-state index contributed by atoms with van der Waals surface area (Å²) in [6.45, 7) is 10.8. The van der Waals surface area contributed by atoms with Gasteiger partial charge >= 0.3 is 0 Å². The van der Waals surface area contributed by atoms with Crippen molar-refractivity contribution in [2.45, 2.75) is 46.6 Å². The number of hydrogen-bond donors (Lipinski definition) is 2. The molecule has 16 heavy (non-hydrogen) atoms. The molecule has 0 aromatic heterocycles. The van der Waals surface area contributed by atoms with Gasteiger partial charge in [-0.25, -0.2) is 0 Å². The van der Waals surface area contributed by atoms with Crippen LogP contribution in [0.4, 0.5) is 0 Å². The predicted molar refractivity (Wildman–Crippen MR) is 65.1 cm³/mol. The van der Waals surface area contributed by atoms with Gasteiger partial charge in [0, 0.05) is 18.5 Å². The molecule has 0 aromatic carbocycles. The SMILES string of the molecule is CC1(C)CNCCC1NC(=O)C1CC1(C)C. The maximum absolute atomic E-state index is 12.0. The number of piperidine rings is 1. The molecule has 0 aromatic rings. The van der Waals surface area contributed by atoms with Crippen LogP contribution in [-0.4, -0.2) is 25.0 Å². The molecule has 1 saturated carbocycles. The number of carbonyl (C=O) groups excluding carboxylic acids is 1. The molecule has 1 amide bonds. The molecule has 2 unspecified atom stereocenters. The topological polar surface area (TPSA) is 41.1 Å². The molecule has 2 N–H and O–H groups in total. The molecule has 2 aliphatic rings. The lowest BCUT2D eigenvalue weighted by molar-refractivity contribution is -0.124. The first-order valence-corrected chi connectivity index (χ1v) is 6.34. The molecule has 92 valence electrons. The maximum atomic E-state index is 12.0. The van der Waals surface area contributed by atoms with Gasteiger partial charge in [0.05, 0.1) is 0 Å². The van der Waals surface area contributed by atoms with Gasteiger partial charge in [-0.05, 0) is 30.2 Å². The lowest BCUT2D eigenvalue weighted by Crippen LogP contribution is -2.54. The summed E-state index contributed by atoms with van der Waals surface area (Å²) in [5, 5.41) is 6.64. The maximum Gasteiger partial charge on any atom is 0.223 e. The van der Waals surface area contributed by atoms with Crippen LogP contribution < -0.4 is 10.6 Å². The Morgan fingerprint density at radius 2 is 1.88 bits per heavy atom. The fourth-order valence-electron chi connectivity index (χ4n) is 2.63. The van der Waals surface area contributed by atoms with Crippen LogP contribution in [0.1, 0.15) is 40.5 Å². The van der Waals surface area contributed by atoms with E-state index in [0.717, 1.165) is 25.9 Å². The van der Waals surface area contributed by atoms with Gasteiger partial charge in [0.25, 0.3) is 0 Å². The van der Waals surface area contributed by atoms with Gasteiger partial charge in [0.1, 0.15) is 0 Å². The zero-order valence-electron chi connectivity index (χ0n) is 10.9. The van der Waals surface area contributed by atoms with Crippen LogP contribution in [0, 0.1) is 16.7 Å². The Morgan fingerprint density at radius 3 is 2.38 bits per heavy atom. The van der Waals surface area contributed by atoms with Crippen molar-refractivity contribution >= 4 is 5.91 Å². The van der Waals surface area contributed by atoms with Crippen LogP contribution in [0.15, 0.2) is 0 Å². The summed E-state index contributed by atoms with van der Waals surface area (Å²) in [4.78, 5) is 12.0. The highest BCUT2D eigenvalue weighted by molar-refractivity contribution is 5.82. The minimum absolute atomic E-state index is 0.174. The average molecular weight is 224 g/mol. The highest BCUT2D eigenvalue weighted by Gasteiger charge is 2.51. The predicted octanol–water partition coefficient (Wildman–Crippen LogP) is 1.54. The molecular weight excluding hydrogens is 200 g/mol. The minimum Gasteiger partial charge on any atom is -0.352 e. The van der Waals surface area contributed by atoms with Crippen molar-refractivity contribution in [2.24, 2.45) is 16.7 Å². The third kappa shape index (κ3) is 2.24. The van der Waals surface area contributed by atoms with Gasteiger partial charge < -0.3 is 10.6 Å². The van der Waals surface area contributed by atoms with Crippen LogP contribution in [-0.2, 0) is 4.79 Å². The van der Waals surface area contributed by atoms with Crippen molar-refractivity contribution in [2.75, 3.05) is 13.1 Å². The summed E-state index contributed by atoms with van der Waals surface area (Å²) in [6, 6.07) is 0.331. The van der Waals surface area contributed by atoms with E-state index in [0.29, 0.717) is 6.04 Å². The molecule has 0 bridgehead atoms. The quantitative estimate of drug-likeness (QED) is 0.747. The minimum atomic E-state index is 0.174. The summed E-state index contributed by atoms with van der Waals surface area (Å²) in [5.74, 6) is 0.517. The molecule has 2 atom stereocenters. The molecular formula is C13H24N2O. The molecule has 1 saturated heterocycles. The largest absolute Gasteiger partial charge is 0.352 e. The van der Waals surface area contributed by atoms with Gasteiger partial charge in [-0.2, -0.15) is 0 Å². The van der Waals surface area contributed by atoms with Crippen molar-refractivity contribution in [3.05, 3.63) is 0 Å². The Morgan fingerprint density at radius 1 is 1.25 bits per heavy atom. The second-order valence-corrected chi connectivity index (χ2v) is 6.76. The second-order valence-electron chi connectivity index (χ2n) is 6.76. The van der Waals surface area contributed by atoms with E-state index in [-0.39, 0.29) is 22.7 Å². The van der Waals surface area contributed by atoms with Gasteiger partial charge in [-0.1, -0.05) is 27.7 Å². The molecule has 2 fully saturated rings. The Bertz CT molecular complexity index is 296. The Kier molecular flexibility index (Phi) is 2.77. The van der Waals surface area contributed by atoms with Crippen LogP contribution in [0.3, 0.4) is 0 Å². The summed E-state index contributed by atoms with van der Waals surface area (Å²) >= 11 is 0. The van der Waals surface area contributed by atoms with E-state index in [1.807, 2.05) is 0 Å². The summed E-state index contributed by atoms with van der Waals surface area (Å²) in [6.07, 6.45) is 2.09. The lowest BCUT2D eigenvalue weighted by atomic mass is 9.80. The summed E-state index contributed by atoms with van der Waals surface area (Å²) in [5.41, 5.74) is 0.411. The molecule has 3 nitrogen and oxygen atoms in total.